The summed E-state index contributed by atoms with van der Waals surface area (Å²) in [6.07, 6.45) is 4.51. The number of hydrogen-bond acceptors (Lipinski definition) is 4. The van der Waals surface area contributed by atoms with Gasteiger partial charge in [-0.1, -0.05) is 18.2 Å². The van der Waals surface area contributed by atoms with E-state index >= 15 is 0 Å². The first kappa shape index (κ1) is 15.1. The van der Waals surface area contributed by atoms with E-state index in [1.165, 1.54) is 6.08 Å². The van der Waals surface area contributed by atoms with E-state index in [2.05, 4.69) is 0 Å². The molecule has 1 aromatic carbocycles. The minimum atomic E-state index is -0.424. The highest BCUT2D eigenvalue weighted by Gasteiger charge is 2.19. The average Bonchev–Trinajstić information content (AvgIpc) is 2.91. The normalized spacial score (nSPS) is 14.7. The number of methoxy groups -OCH3 is 1. The number of carbonyl (C=O) groups is 2. The van der Waals surface area contributed by atoms with Crippen LogP contribution in [0.5, 0.6) is 5.75 Å². The van der Waals surface area contributed by atoms with E-state index in [1.807, 2.05) is 24.3 Å². The van der Waals surface area contributed by atoms with Gasteiger partial charge in [-0.3, -0.25) is 4.79 Å². The zero-order valence-electron chi connectivity index (χ0n) is 12.1. The van der Waals surface area contributed by atoms with Crippen LogP contribution in [-0.2, 0) is 14.3 Å². The molecule has 5 nitrogen and oxygen atoms in total. The zero-order chi connectivity index (χ0) is 15.1. The van der Waals surface area contributed by atoms with Crippen LogP contribution in [0, 0.1) is 0 Å². The van der Waals surface area contributed by atoms with Gasteiger partial charge >= 0.3 is 5.97 Å². The van der Waals surface area contributed by atoms with Crippen LogP contribution in [0.2, 0.25) is 0 Å². The lowest BCUT2D eigenvalue weighted by molar-refractivity contribution is -0.139. The summed E-state index contributed by atoms with van der Waals surface area (Å²) in [4.78, 5) is 24.7. The molecule has 0 N–H and O–H groups in total. The molecule has 0 bridgehead atoms. The van der Waals surface area contributed by atoms with Crippen molar-refractivity contribution in [3.63, 3.8) is 0 Å². The van der Waals surface area contributed by atoms with E-state index in [-0.39, 0.29) is 12.5 Å². The van der Waals surface area contributed by atoms with Crippen molar-refractivity contribution in [3.05, 3.63) is 35.9 Å². The van der Waals surface area contributed by atoms with Gasteiger partial charge in [-0.25, -0.2) is 4.79 Å². The van der Waals surface area contributed by atoms with Crippen molar-refractivity contribution < 1.29 is 19.1 Å². The molecule has 112 valence electrons. The molecule has 0 saturated carbocycles. The van der Waals surface area contributed by atoms with Crippen LogP contribution in [0.3, 0.4) is 0 Å². The van der Waals surface area contributed by atoms with Gasteiger partial charge in [0.15, 0.2) is 0 Å². The molecule has 0 radical (unpaired) electrons. The number of likely N-dealkylation sites (tertiary alicyclic amines) is 1. The van der Waals surface area contributed by atoms with Gasteiger partial charge in [0, 0.05) is 24.6 Å². The second kappa shape index (κ2) is 7.47. The molecular formula is C16H19NO4. The third kappa shape index (κ3) is 4.34. The third-order valence-electron chi connectivity index (χ3n) is 3.31. The summed E-state index contributed by atoms with van der Waals surface area (Å²) in [6.45, 7) is 1.45. The Kier molecular flexibility index (Phi) is 5.37. The summed E-state index contributed by atoms with van der Waals surface area (Å²) < 4.78 is 10.3. The van der Waals surface area contributed by atoms with E-state index < -0.39 is 5.97 Å². The number of para-hydroxylation sites is 1. The maximum atomic E-state index is 11.6. The summed E-state index contributed by atoms with van der Waals surface area (Å²) in [5, 5.41) is 0. The fourth-order valence-electron chi connectivity index (χ4n) is 2.21. The van der Waals surface area contributed by atoms with Gasteiger partial charge in [-0.2, -0.15) is 0 Å². The molecule has 0 atom stereocenters. The molecular weight excluding hydrogens is 270 g/mol. The number of ether oxygens (including phenoxy) is 2. The van der Waals surface area contributed by atoms with Crippen molar-refractivity contribution in [1.82, 2.24) is 4.90 Å². The van der Waals surface area contributed by atoms with E-state index in [1.54, 1.807) is 18.1 Å². The first-order valence-electron chi connectivity index (χ1n) is 6.96. The molecule has 1 aliphatic heterocycles. The Balaban J connectivity index is 1.78. The Morgan fingerprint density at radius 2 is 2.19 bits per heavy atom. The van der Waals surface area contributed by atoms with Crippen LogP contribution in [0.15, 0.2) is 30.3 Å². The second-order valence-corrected chi connectivity index (χ2v) is 4.73. The van der Waals surface area contributed by atoms with Crippen LogP contribution in [-0.4, -0.2) is 43.6 Å². The van der Waals surface area contributed by atoms with E-state index in [0.717, 1.165) is 18.5 Å². The Hall–Kier alpha value is -2.30. The molecule has 1 heterocycles. The molecule has 0 aromatic heterocycles. The predicted molar refractivity (Wildman–Crippen MR) is 78.8 cm³/mol. The van der Waals surface area contributed by atoms with Gasteiger partial charge in [0.2, 0.25) is 5.91 Å². The maximum absolute atomic E-state index is 11.6. The first-order valence-corrected chi connectivity index (χ1v) is 6.96. The summed E-state index contributed by atoms with van der Waals surface area (Å²) >= 11 is 0. The third-order valence-corrected chi connectivity index (χ3v) is 3.31. The van der Waals surface area contributed by atoms with Gasteiger partial charge < -0.3 is 14.4 Å². The summed E-state index contributed by atoms with van der Waals surface area (Å²) in [6, 6.07) is 7.41. The zero-order valence-corrected chi connectivity index (χ0v) is 12.1. The Morgan fingerprint density at radius 3 is 2.90 bits per heavy atom. The molecule has 0 aliphatic carbocycles. The van der Waals surface area contributed by atoms with Gasteiger partial charge in [-0.05, 0) is 18.6 Å². The van der Waals surface area contributed by atoms with Crippen LogP contribution in [0.4, 0.5) is 0 Å². The van der Waals surface area contributed by atoms with Crippen molar-refractivity contribution in [2.45, 2.75) is 12.8 Å². The molecule has 1 aromatic rings. The Bertz CT molecular complexity index is 539. The van der Waals surface area contributed by atoms with Crippen molar-refractivity contribution in [2.24, 2.45) is 0 Å². The second-order valence-electron chi connectivity index (χ2n) is 4.73. The smallest absolute Gasteiger partial charge is 0.330 e. The molecule has 2 rings (SSSR count). The van der Waals surface area contributed by atoms with Crippen LogP contribution >= 0.6 is 0 Å². The van der Waals surface area contributed by atoms with Gasteiger partial charge in [0.25, 0.3) is 0 Å². The molecule has 0 unspecified atom stereocenters. The maximum Gasteiger partial charge on any atom is 0.330 e. The molecule has 0 spiro atoms. The monoisotopic (exact) mass is 289 g/mol. The standard InChI is InChI=1S/C16H19NO4/c1-20-14-6-3-2-5-13(14)8-9-16(19)21-12-11-17-10-4-7-15(17)18/h2-3,5-6,8-9H,4,7,10-12H2,1H3/b9-8+. The van der Waals surface area contributed by atoms with Gasteiger partial charge in [-0.15, -0.1) is 0 Å². The average molecular weight is 289 g/mol. The molecule has 1 saturated heterocycles. The topological polar surface area (TPSA) is 55.8 Å². The summed E-state index contributed by atoms with van der Waals surface area (Å²) in [7, 11) is 1.58. The highest BCUT2D eigenvalue weighted by molar-refractivity contribution is 5.87. The van der Waals surface area contributed by atoms with E-state index in [4.69, 9.17) is 9.47 Å². The molecule has 21 heavy (non-hydrogen) atoms. The van der Waals surface area contributed by atoms with Gasteiger partial charge in [0.05, 0.1) is 13.7 Å². The number of amides is 1. The number of esters is 1. The largest absolute Gasteiger partial charge is 0.496 e. The van der Waals surface area contributed by atoms with Gasteiger partial charge in [0.1, 0.15) is 12.4 Å². The number of carbonyl (C=O) groups excluding carboxylic acids is 2. The molecule has 1 amide bonds. The SMILES string of the molecule is COc1ccccc1/C=C/C(=O)OCCN1CCCC1=O. The predicted octanol–water partition coefficient (Wildman–Crippen LogP) is 1.87. The van der Waals surface area contributed by atoms with Crippen LogP contribution in [0.25, 0.3) is 6.08 Å². The van der Waals surface area contributed by atoms with Crippen LogP contribution < -0.4 is 4.74 Å². The number of rotatable bonds is 6. The lowest BCUT2D eigenvalue weighted by Gasteiger charge is -2.14. The van der Waals surface area contributed by atoms with E-state index in [0.29, 0.717) is 18.7 Å². The van der Waals surface area contributed by atoms with Crippen molar-refractivity contribution in [1.29, 1.82) is 0 Å². The fraction of sp³-hybridized carbons (Fsp3) is 0.375. The first-order chi connectivity index (χ1) is 10.2. The highest BCUT2D eigenvalue weighted by Crippen LogP contribution is 2.18. The van der Waals surface area contributed by atoms with E-state index in [9.17, 15) is 9.59 Å². The lowest BCUT2D eigenvalue weighted by atomic mass is 10.2. The lowest BCUT2D eigenvalue weighted by Crippen LogP contribution is -2.29. The minimum absolute atomic E-state index is 0.135. The highest BCUT2D eigenvalue weighted by atomic mass is 16.5. The summed E-state index contributed by atoms with van der Waals surface area (Å²) in [5.74, 6) is 0.410. The van der Waals surface area contributed by atoms with Crippen molar-refractivity contribution in [3.8, 4) is 5.75 Å². The van der Waals surface area contributed by atoms with Crippen molar-refractivity contribution in [2.75, 3.05) is 26.8 Å². The molecule has 1 fully saturated rings. The van der Waals surface area contributed by atoms with Crippen LogP contribution in [0.1, 0.15) is 18.4 Å². The minimum Gasteiger partial charge on any atom is -0.496 e. The quantitative estimate of drug-likeness (QED) is 0.592. The number of benzene rings is 1. The number of nitrogens with zero attached hydrogens (tertiary/aromatic N) is 1. The Labute approximate surface area is 124 Å². The molecule has 1 aliphatic rings. The van der Waals surface area contributed by atoms with Crippen molar-refractivity contribution >= 4 is 18.0 Å². The number of hydrogen-bond donors (Lipinski definition) is 0. The molecule has 5 heteroatoms. The summed E-state index contributed by atoms with van der Waals surface area (Å²) in [5.41, 5.74) is 0.812. The Morgan fingerprint density at radius 1 is 1.38 bits per heavy atom. The fourth-order valence-corrected chi connectivity index (χ4v) is 2.21.